The highest BCUT2D eigenvalue weighted by Crippen LogP contribution is 2.30. The molecule has 3 aliphatic rings. The number of carbonyl (C=O) groups excluding carboxylic acids is 3. The van der Waals surface area contributed by atoms with Gasteiger partial charge in [-0.25, -0.2) is 0 Å². The summed E-state index contributed by atoms with van der Waals surface area (Å²) in [7, 11) is 0. The molecular formula is C36H42N4O7. The number of rotatable bonds is 4. The standard InChI is InChI=1S/C36H42N4O7/c1-4-39-20-33(41)37-31-19-40(36(44)29-17-24-9-5-6-11-30(24)38-34(29)42)13-12-32(31)45-21-23-8-7-10-26(14-23)47-28-16-25(35(39)43)15-27(18-28)46-22(2)3/h7-8,10,14-18,22,31-32H,4-6,9,11-13,19-21H2,1-3H3,(H,37,41)(H,38,42)/t31-,32-/m0/s1. The Morgan fingerprint density at radius 3 is 2.68 bits per heavy atom. The van der Waals surface area contributed by atoms with E-state index in [1.807, 2.05) is 45.0 Å². The molecule has 11 nitrogen and oxygen atoms in total. The first-order valence-electron chi connectivity index (χ1n) is 16.5. The summed E-state index contributed by atoms with van der Waals surface area (Å²) in [5, 5.41) is 3.05. The van der Waals surface area contributed by atoms with Crippen LogP contribution in [0.2, 0.25) is 0 Å². The quantitative estimate of drug-likeness (QED) is 0.436. The van der Waals surface area contributed by atoms with Crippen molar-refractivity contribution in [2.45, 2.75) is 77.7 Å². The number of nitrogens with zero attached hydrogens (tertiary/aromatic N) is 2. The molecule has 6 rings (SSSR count). The molecular weight excluding hydrogens is 600 g/mol. The Bertz CT molecular complexity index is 1720. The maximum absolute atomic E-state index is 13.7. The van der Waals surface area contributed by atoms with Gasteiger partial charge in [0.1, 0.15) is 22.8 Å². The summed E-state index contributed by atoms with van der Waals surface area (Å²) in [6.07, 6.45) is 3.60. The number of hydrogen-bond donors (Lipinski definition) is 2. The number of carbonyl (C=O) groups is 3. The van der Waals surface area contributed by atoms with Crippen LogP contribution in [-0.2, 0) is 29.0 Å². The van der Waals surface area contributed by atoms with E-state index < -0.39 is 12.1 Å². The SMILES string of the molecule is CCN1CC(=O)N[C@H]2CN(C(=O)c3cc4c([nH]c3=O)CCCC4)CC[C@@H]2OCc2cccc(c2)Oc2cc(OC(C)C)cc(c2)C1=O. The topological polar surface area (TPSA) is 130 Å². The minimum atomic E-state index is -0.563. The fourth-order valence-corrected chi connectivity index (χ4v) is 6.53. The lowest BCUT2D eigenvalue weighted by Gasteiger charge is -2.39. The van der Waals surface area contributed by atoms with Crippen LogP contribution >= 0.6 is 0 Å². The van der Waals surface area contributed by atoms with Crippen molar-refractivity contribution in [3.63, 3.8) is 0 Å². The minimum Gasteiger partial charge on any atom is -0.491 e. The number of pyridine rings is 1. The number of piperidine rings is 1. The number of fused-ring (bicyclic) bond motifs is 6. The number of nitrogens with one attached hydrogen (secondary N) is 2. The Hall–Kier alpha value is -4.64. The van der Waals surface area contributed by atoms with Crippen LogP contribution in [0.3, 0.4) is 0 Å². The second-order valence-electron chi connectivity index (χ2n) is 12.7. The Kier molecular flexibility index (Phi) is 9.63. The molecule has 3 heterocycles. The Balaban J connectivity index is 1.28. The number of H-pyrrole nitrogens is 1. The number of likely N-dealkylation sites (tertiary alicyclic amines) is 1. The van der Waals surface area contributed by atoms with E-state index >= 15 is 0 Å². The number of benzene rings is 2. The van der Waals surface area contributed by atoms with Crippen LogP contribution in [0.25, 0.3) is 0 Å². The molecule has 0 spiro atoms. The Morgan fingerprint density at radius 2 is 1.87 bits per heavy atom. The molecule has 3 aromatic rings. The van der Waals surface area contributed by atoms with Gasteiger partial charge in [0.2, 0.25) is 5.91 Å². The predicted octanol–water partition coefficient (Wildman–Crippen LogP) is 4.23. The molecule has 2 atom stereocenters. The second-order valence-corrected chi connectivity index (χ2v) is 12.7. The second kappa shape index (κ2) is 14.0. The highest BCUT2D eigenvalue weighted by molar-refractivity contribution is 5.97. The fourth-order valence-electron chi connectivity index (χ4n) is 6.53. The molecule has 1 aliphatic carbocycles. The van der Waals surface area contributed by atoms with Crippen LogP contribution in [0, 0.1) is 0 Å². The number of likely N-dealkylation sites (N-methyl/N-ethyl adjacent to an activating group) is 1. The van der Waals surface area contributed by atoms with Gasteiger partial charge in [0.15, 0.2) is 0 Å². The summed E-state index contributed by atoms with van der Waals surface area (Å²) in [4.78, 5) is 59.9. The highest BCUT2D eigenvalue weighted by Gasteiger charge is 2.35. The van der Waals surface area contributed by atoms with E-state index in [4.69, 9.17) is 14.2 Å². The van der Waals surface area contributed by atoms with Crippen molar-refractivity contribution in [2.75, 3.05) is 26.2 Å². The van der Waals surface area contributed by atoms with Gasteiger partial charge in [-0.3, -0.25) is 19.2 Å². The third-order valence-electron chi connectivity index (χ3n) is 8.85. The Morgan fingerprint density at radius 1 is 1.04 bits per heavy atom. The van der Waals surface area contributed by atoms with Crippen molar-refractivity contribution < 1.29 is 28.6 Å². The van der Waals surface area contributed by atoms with Crippen molar-refractivity contribution in [3.8, 4) is 17.2 Å². The zero-order valence-electron chi connectivity index (χ0n) is 27.2. The van der Waals surface area contributed by atoms with E-state index in [-0.39, 0.29) is 61.2 Å². The average Bonchev–Trinajstić information content (AvgIpc) is 3.05. The van der Waals surface area contributed by atoms with Gasteiger partial charge in [-0.2, -0.15) is 0 Å². The summed E-state index contributed by atoms with van der Waals surface area (Å²) in [5.74, 6) is 0.407. The third kappa shape index (κ3) is 7.51. The summed E-state index contributed by atoms with van der Waals surface area (Å²) < 4.78 is 18.5. The molecule has 248 valence electrons. The van der Waals surface area contributed by atoms with Crippen LogP contribution < -0.4 is 20.3 Å². The number of aromatic nitrogens is 1. The monoisotopic (exact) mass is 642 g/mol. The summed E-state index contributed by atoms with van der Waals surface area (Å²) in [6, 6.07) is 13.7. The van der Waals surface area contributed by atoms with E-state index in [9.17, 15) is 19.2 Å². The zero-order valence-corrected chi connectivity index (χ0v) is 27.2. The van der Waals surface area contributed by atoms with E-state index in [1.165, 1.54) is 4.90 Å². The van der Waals surface area contributed by atoms with Crippen LogP contribution in [0.4, 0.5) is 0 Å². The molecule has 0 radical (unpaired) electrons. The van der Waals surface area contributed by atoms with Gasteiger partial charge in [-0.05, 0) is 94.3 Å². The first-order valence-corrected chi connectivity index (χ1v) is 16.5. The van der Waals surface area contributed by atoms with Gasteiger partial charge < -0.3 is 34.3 Å². The first-order chi connectivity index (χ1) is 22.7. The van der Waals surface area contributed by atoms with E-state index in [0.29, 0.717) is 35.8 Å². The zero-order chi connectivity index (χ0) is 33.1. The van der Waals surface area contributed by atoms with Crippen LogP contribution in [-0.4, -0.2) is 76.9 Å². The first kappa shape index (κ1) is 32.3. The molecule has 4 bridgehead atoms. The number of aromatic amines is 1. The smallest absolute Gasteiger partial charge is 0.261 e. The van der Waals surface area contributed by atoms with Gasteiger partial charge in [-0.1, -0.05) is 12.1 Å². The molecule has 1 saturated heterocycles. The van der Waals surface area contributed by atoms with Gasteiger partial charge in [-0.15, -0.1) is 0 Å². The van der Waals surface area contributed by atoms with E-state index in [1.54, 1.807) is 29.2 Å². The molecule has 3 amide bonds. The van der Waals surface area contributed by atoms with Crippen LogP contribution in [0.5, 0.6) is 17.2 Å². The van der Waals surface area contributed by atoms with Crippen molar-refractivity contribution >= 4 is 17.7 Å². The van der Waals surface area contributed by atoms with Crippen LogP contribution in [0.15, 0.2) is 53.3 Å². The molecule has 2 aromatic carbocycles. The van der Waals surface area contributed by atoms with Crippen molar-refractivity contribution in [3.05, 3.63) is 86.8 Å². The molecule has 2 N–H and O–H groups in total. The van der Waals surface area contributed by atoms with E-state index in [2.05, 4.69) is 10.3 Å². The molecule has 11 heteroatoms. The maximum Gasteiger partial charge on any atom is 0.261 e. The number of ether oxygens (including phenoxy) is 3. The molecule has 1 fully saturated rings. The van der Waals surface area contributed by atoms with Crippen molar-refractivity contribution in [1.29, 1.82) is 0 Å². The Labute approximate surface area is 274 Å². The average molecular weight is 643 g/mol. The number of aryl methyl sites for hydroxylation is 2. The summed E-state index contributed by atoms with van der Waals surface area (Å²) >= 11 is 0. The molecule has 0 unspecified atom stereocenters. The summed E-state index contributed by atoms with van der Waals surface area (Å²) in [5.41, 5.74) is 2.85. The van der Waals surface area contributed by atoms with Gasteiger partial charge in [0.25, 0.3) is 17.4 Å². The third-order valence-corrected chi connectivity index (χ3v) is 8.85. The lowest BCUT2D eigenvalue weighted by atomic mass is 9.94. The lowest BCUT2D eigenvalue weighted by Crippen LogP contribution is -2.58. The summed E-state index contributed by atoms with van der Waals surface area (Å²) in [6.45, 7) is 6.49. The van der Waals surface area contributed by atoms with Crippen molar-refractivity contribution in [1.82, 2.24) is 20.1 Å². The number of amides is 3. The maximum atomic E-state index is 13.7. The lowest BCUT2D eigenvalue weighted by molar-refractivity contribution is -0.124. The predicted molar refractivity (Wildman–Crippen MR) is 175 cm³/mol. The van der Waals surface area contributed by atoms with Gasteiger partial charge in [0, 0.05) is 37.0 Å². The number of hydrogen-bond acceptors (Lipinski definition) is 7. The van der Waals surface area contributed by atoms with Crippen molar-refractivity contribution in [2.24, 2.45) is 0 Å². The molecule has 47 heavy (non-hydrogen) atoms. The van der Waals surface area contributed by atoms with Crippen LogP contribution in [0.1, 0.15) is 77.6 Å². The largest absolute Gasteiger partial charge is 0.491 e. The van der Waals surface area contributed by atoms with Gasteiger partial charge in [0.05, 0.1) is 31.4 Å². The minimum absolute atomic E-state index is 0.118. The highest BCUT2D eigenvalue weighted by atomic mass is 16.5. The normalized spacial score (nSPS) is 20.2. The molecule has 1 aromatic heterocycles. The van der Waals surface area contributed by atoms with E-state index in [0.717, 1.165) is 42.5 Å². The van der Waals surface area contributed by atoms with Gasteiger partial charge >= 0.3 is 0 Å². The molecule has 0 saturated carbocycles. The fraction of sp³-hybridized carbons (Fsp3) is 0.444. The molecule has 2 aliphatic heterocycles.